The lowest BCUT2D eigenvalue weighted by molar-refractivity contribution is 0.0748. The Labute approximate surface area is 143 Å². The Bertz CT molecular complexity index is 668. The predicted molar refractivity (Wildman–Crippen MR) is 95.1 cm³/mol. The van der Waals surface area contributed by atoms with Gasteiger partial charge in [-0.3, -0.25) is 9.48 Å². The zero-order chi connectivity index (χ0) is 16.3. The molecule has 1 aromatic carbocycles. The molecule has 1 aromatic heterocycles. The van der Waals surface area contributed by atoms with Crippen molar-refractivity contribution < 1.29 is 4.79 Å². The van der Waals surface area contributed by atoms with E-state index in [-0.39, 0.29) is 24.4 Å². The van der Waals surface area contributed by atoms with Crippen molar-refractivity contribution in [3.63, 3.8) is 0 Å². The Morgan fingerprint density at radius 1 is 1.35 bits per heavy atom. The minimum atomic E-state index is -0.00633. The van der Waals surface area contributed by atoms with E-state index in [1.165, 1.54) is 0 Å². The van der Waals surface area contributed by atoms with E-state index in [0.29, 0.717) is 18.7 Å². The molecule has 5 nitrogen and oxygen atoms in total. The average Bonchev–Trinajstić information content (AvgIpc) is 2.82. The highest BCUT2D eigenvalue weighted by atomic mass is 35.5. The molecule has 1 amide bonds. The number of carbonyl (C=O) groups excluding carboxylic acids is 1. The lowest BCUT2D eigenvalue weighted by Crippen LogP contribution is -2.39. The molecule has 1 unspecified atom stereocenters. The second-order valence-corrected chi connectivity index (χ2v) is 5.79. The van der Waals surface area contributed by atoms with Gasteiger partial charge in [-0.2, -0.15) is 5.10 Å². The molecule has 0 spiro atoms. The Morgan fingerprint density at radius 3 is 2.61 bits per heavy atom. The number of likely N-dealkylation sites (N-methyl/N-ethyl adjacent to an activating group) is 1. The zero-order valence-electron chi connectivity index (χ0n) is 14.1. The first-order chi connectivity index (χ1) is 10.4. The molecule has 0 aliphatic rings. The van der Waals surface area contributed by atoms with Crippen molar-refractivity contribution in [2.75, 3.05) is 13.6 Å². The van der Waals surface area contributed by atoms with Crippen molar-refractivity contribution in [2.24, 2.45) is 5.73 Å². The summed E-state index contributed by atoms with van der Waals surface area (Å²) < 4.78 is 1.95. The molecule has 0 saturated heterocycles. The van der Waals surface area contributed by atoms with Gasteiger partial charge in [0.25, 0.3) is 5.91 Å². The van der Waals surface area contributed by atoms with Crippen LogP contribution in [0.3, 0.4) is 0 Å². The molecule has 2 N–H and O–H groups in total. The van der Waals surface area contributed by atoms with E-state index in [1.54, 1.807) is 11.9 Å². The average molecular weight is 337 g/mol. The van der Waals surface area contributed by atoms with E-state index in [9.17, 15) is 4.79 Å². The SMILES string of the molecule is Cc1cc(C)n(Cc2cccc(C(=O)N(C)C(C)CN)c2)n1.Cl. The Morgan fingerprint density at radius 2 is 2.04 bits per heavy atom. The minimum Gasteiger partial charge on any atom is -0.338 e. The number of amides is 1. The Hall–Kier alpha value is -1.85. The van der Waals surface area contributed by atoms with Crippen LogP contribution in [0, 0.1) is 13.8 Å². The van der Waals surface area contributed by atoms with Crippen molar-refractivity contribution >= 4 is 18.3 Å². The summed E-state index contributed by atoms with van der Waals surface area (Å²) in [6.07, 6.45) is 0. The number of hydrogen-bond acceptors (Lipinski definition) is 3. The Balaban J connectivity index is 0.00000264. The summed E-state index contributed by atoms with van der Waals surface area (Å²) in [6.45, 7) is 7.07. The first-order valence-corrected chi connectivity index (χ1v) is 7.49. The fourth-order valence-corrected chi connectivity index (χ4v) is 2.37. The van der Waals surface area contributed by atoms with E-state index < -0.39 is 0 Å². The number of aryl methyl sites for hydroxylation is 2. The summed E-state index contributed by atoms with van der Waals surface area (Å²) in [5, 5.41) is 4.46. The molecular formula is C17H25ClN4O. The van der Waals surface area contributed by atoms with Crippen LogP contribution in [0.15, 0.2) is 30.3 Å². The largest absolute Gasteiger partial charge is 0.338 e. The van der Waals surface area contributed by atoms with Gasteiger partial charge in [-0.05, 0) is 44.5 Å². The lowest BCUT2D eigenvalue weighted by atomic mass is 10.1. The second-order valence-electron chi connectivity index (χ2n) is 5.79. The number of nitrogens with zero attached hydrogens (tertiary/aromatic N) is 3. The topological polar surface area (TPSA) is 64.2 Å². The van der Waals surface area contributed by atoms with Crippen LogP contribution < -0.4 is 5.73 Å². The van der Waals surface area contributed by atoms with Crippen molar-refractivity contribution in [3.05, 3.63) is 52.8 Å². The van der Waals surface area contributed by atoms with Crippen molar-refractivity contribution in [1.82, 2.24) is 14.7 Å². The van der Waals surface area contributed by atoms with E-state index in [1.807, 2.05) is 55.8 Å². The van der Waals surface area contributed by atoms with Gasteiger partial charge >= 0.3 is 0 Å². The number of nitrogens with two attached hydrogens (primary N) is 1. The molecule has 0 radical (unpaired) electrons. The molecular weight excluding hydrogens is 312 g/mol. The number of hydrogen-bond donors (Lipinski definition) is 1. The van der Waals surface area contributed by atoms with Crippen LogP contribution in [0.4, 0.5) is 0 Å². The minimum absolute atomic E-state index is 0. The number of rotatable bonds is 5. The third kappa shape index (κ3) is 4.56. The van der Waals surface area contributed by atoms with Crippen LogP contribution in [0.5, 0.6) is 0 Å². The number of carbonyl (C=O) groups is 1. The molecule has 1 heterocycles. The number of aromatic nitrogens is 2. The molecule has 0 saturated carbocycles. The third-order valence-electron chi connectivity index (χ3n) is 3.93. The van der Waals surface area contributed by atoms with E-state index in [4.69, 9.17) is 5.73 Å². The molecule has 1 atom stereocenters. The van der Waals surface area contributed by atoms with Gasteiger partial charge in [-0.1, -0.05) is 12.1 Å². The maximum atomic E-state index is 12.5. The summed E-state index contributed by atoms with van der Waals surface area (Å²) in [4.78, 5) is 14.2. The Kier molecular flexibility index (Phi) is 6.79. The highest BCUT2D eigenvalue weighted by Gasteiger charge is 2.16. The van der Waals surface area contributed by atoms with E-state index in [0.717, 1.165) is 17.0 Å². The normalized spacial score (nSPS) is 11.7. The maximum Gasteiger partial charge on any atom is 0.253 e. The molecule has 2 aromatic rings. The lowest BCUT2D eigenvalue weighted by Gasteiger charge is -2.23. The highest BCUT2D eigenvalue weighted by Crippen LogP contribution is 2.12. The van der Waals surface area contributed by atoms with E-state index in [2.05, 4.69) is 5.10 Å². The third-order valence-corrected chi connectivity index (χ3v) is 3.93. The fourth-order valence-electron chi connectivity index (χ4n) is 2.37. The standard InChI is InChI=1S/C17H24N4O.ClH/c1-12-8-13(2)21(19-12)11-15-6-5-7-16(9-15)17(22)20(4)14(3)10-18;/h5-9,14H,10-11,18H2,1-4H3;1H. The molecule has 23 heavy (non-hydrogen) atoms. The predicted octanol–water partition coefficient (Wildman–Crippen LogP) is 2.39. The van der Waals surface area contributed by atoms with Gasteiger partial charge in [0.2, 0.25) is 0 Å². The summed E-state index contributed by atoms with van der Waals surface area (Å²) in [5.41, 5.74) is 9.49. The molecule has 6 heteroatoms. The first-order valence-electron chi connectivity index (χ1n) is 7.49. The molecule has 2 rings (SSSR count). The highest BCUT2D eigenvalue weighted by molar-refractivity contribution is 5.94. The molecule has 0 fully saturated rings. The van der Waals surface area contributed by atoms with E-state index >= 15 is 0 Å². The molecule has 0 bridgehead atoms. The first kappa shape index (κ1) is 19.2. The quantitative estimate of drug-likeness (QED) is 0.911. The van der Waals surface area contributed by atoms with Crippen molar-refractivity contribution in [3.8, 4) is 0 Å². The monoisotopic (exact) mass is 336 g/mol. The zero-order valence-corrected chi connectivity index (χ0v) is 14.9. The number of benzene rings is 1. The summed E-state index contributed by atoms with van der Waals surface area (Å²) in [5.74, 6) is -0.00633. The van der Waals surface area contributed by atoms with Crippen LogP contribution in [-0.2, 0) is 6.54 Å². The molecule has 0 aliphatic carbocycles. The summed E-state index contributed by atoms with van der Waals surface area (Å²) in [7, 11) is 1.79. The molecule has 126 valence electrons. The van der Waals surface area contributed by atoms with Crippen LogP contribution >= 0.6 is 12.4 Å². The van der Waals surface area contributed by atoms with Gasteiger partial charge in [-0.15, -0.1) is 12.4 Å². The van der Waals surface area contributed by atoms with Gasteiger partial charge in [0, 0.05) is 30.9 Å². The second kappa shape index (κ2) is 8.13. The van der Waals surface area contributed by atoms with Crippen LogP contribution in [0.2, 0.25) is 0 Å². The van der Waals surface area contributed by atoms with Gasteiger partial charge in [0.05, 0.1) is 12.2 Å². The summed E-state index contributed by atoms with van der Waals surface area (Å²) >= 11 is 0. The molecule has 0 aliphatic heterocycles. The summed E-state index contributed by atoms with van der Waals surface area (Å²) in [6, 6.07) is 9.76. The van der Waals surface area contributed by atoms with Gasteiger partial charge < -0.3 is 10.6 Å². The van der Waals surface area contributed by atoms with Gasteiger partial charge in [0.15, 0.2) is 0 Å². The van der Waals surface area contributed by atoms with Crippen LogP contribution in [0.25, 0.3) is 0 Å². The van der Waals surface area contributed by atoms with Gasteiger partial charge in [-0.25, -0.2) is 0 Å². The van der Waals surface area contributed by atoms with Crippen LogP contribution in [0.1, 0.15) is 34.2 Å². The maximum absolute atomic E-state index is 12.5. The number of halogens is 1. The van der Waals surface area contributed by atoms with Crippen molar-refractivity contribution in [2.45, 2.75) is 33.4 Å². The fraction of sp³-hybridized carbons (Fsp3) is 0.412. The smallest absolute Gasteiger partial charge is 0.253 e. The van der Waals surface area contributed by atoms with Gasteiger partial charge in [0.1, 0.15) is 0 Å². The van der Waals surface area contributed by atoms with Crippen molar-refractivity contribution in [1.29, 1.82) is 0 Å². The van der Waals surface area contributed by atoms with Crippen LogP contribution in [-0.4, -0.2) is 40.2 Å².